The third-order valence-corrected chi connectivity index (χ3v) is 4.16. The molecule has 172 valence electrons. The molecule has 1 aromatic heterocycles. The molecule has 1 aromatic rings. The molecule has 0 bridgehead atoms. The van der Waals surface area contributed by atoms with Gasteiger partial charge in [-0.3, -0.25) is 23.7 Å². The lowest BCUT2D eigenvalue weighted by Crippen LogP contribution is -2.59. The first-order valence-corrected chi connectivity index (χ1v) is 9.29. The van der Waals surface area contributed by atoms with Gasteiger partial charge in [-0.05, 0) is 6.92 Å². The van der Waals surface area contributed by atoms with Crippen LogP contribution in [0.4, 0.5) is 4.39 Å². The van der Waals surface area contributed by atoms with Crippen molar-refractivity contribution in [2.45, 2.75) is 59.0 Å². The molecule has 2 rings (SSSR count). The molecule has 0 unspecified atom stereocenters. The minimum atomic E-state index is -1.68. The van der Waals surface area contributed by atoms with Crippen molar-refractivity contribution in [2.75, 3.05) is 13.2 Å². The molecule has 0 saturated carbocycles. The number of carbonyl (C=O) groups is 3. The second kappa shape index (κ2) is 10.3. The third kappa shape index (κ3) is 5.76. The van der Waals surface area contributed by atoms with Gasteiger partial charge in [0, 0.05) is 27.4 Å². The molecule has 0 N–H and O–H groups in total. The van der Waals surface area contributed by atoms with Crippen molar-refractivity contribution in [1.82, 2.24) is 9.13 Å². The van der Waals surface area contributed by atoms with Gasteiger partial charge in [0.1, 0.15) is 6.73 Å². The van der Waals surface area contributed by atoms with Crippen LogP contribution in [0.5, 0.6) is 0 Å². The molecule has 31 heavy (non-hydrogen) atoms. The first kappa shape index (κ1) is 24.2. The summed E-state index contributed by atoms with van der Waals surface area (Å²) in [4.78, 5) is 60.0. The maximum absolute atomic E-state index is 14.3. The Kier molecular flexibility index (Phi) is 8.05. The van der Waals surface area contributed by atoms with E-state index < -0.39 is 66.1 Å². The van der Waals surface area contributed by atoms with Crippen molar-refractivity contribution in [2.24, 2.45) is 0 Å². The van der Waals surface area contributed by atoms with Gasteiger partial charge < -0.3 is 23.7 Å². The molecular weight excluding hydrogens is 423 g/mol. The van der Waals surface area contributed by atoms with Crippen molar-refractivity contribution in [1.29, 1.82) is 0 Å². The van der Waals surface area contributed by atoms with E-state index in [1.54, 1.807) is 6.92 Å². The second-order valence-electron chi connectivity index (χ2n) is 6.55. The second-order valence-corrected chi connectivity index (χ2v) is 6.55. The Bertz CT molecular complexity index is 956. The SMILES string of the molecule is CCOCn1cc(F)c(=O)n([C@@H]2OC[C@@H](OC(C)=O)[C@H](OC(C)=O)[C@H]2OC(C)=O)c1=O. The Labute approximate surface area is 175 Å². The molecular formula is C18H23FN2O10. The molecule has 0 radical (unpaired) electrons. The summed E-state index contributed by atoms with van der Waals surface area (Å²) in [6.45, 7) is 4.25. The van der Waals surface area contributed by atoms with Crippen LogP contribution in [0.1, 0.15) is 33.9 Å². The van der Waals surface area contributed by atoms with Crippen molar-refractivity contribution in [3.8, 4) is 0 Å². The Hall–Kier alpha value is -3.06. The molecule has 1 saturated heterocycles. The summed E-state index contributed by atoms with van der Waals surface area (Å²) < 4.78 is 41.4. The van der Waals surface area contributed by atoms with Crippen molar-refractivity contribution in [3.05, 3.63) is 32.9 Å². The largest absolute Gasteiger partial charge is 0.456 e. The summed E-state index contributed by atoms with van der Waals surface area (Å²) in [5, 5.41) is 0. The van der Waals surface area contributed by atoms with E-state index in [-0.39, 0.29) is 13.3 Å². The molecule has 0 amide bonds. The van der Waals surface area contributed by atoms with E-state index in [1.807, 2.05) is 0 Å². The Morgan fingerprint density at radius 1 is 1.06 bits per heavy atom. The standard InChI is InChI=1S/C18H23FN2O10/c1-5-27-8-20-6-12(19)16(25)21(18(20)26)17-15(31-11(4)24)14(30-10(3)23)13(7-28-17)29-9(2)22/h6,13-15,17H,5,7-8H2,1-4H3/t13-,14+,15-,17-/m1/s1. The van der Waals surface area contributed by atoms with Crippen molar-refractivity contribution >= 4 is 17.9 Å². The van der Waals surface area contributed by atoms with Gasteiger partial charge in [0.05, 0.1) is 12.8 Å². The molecule has 4 atom stereocenters. The molecule has 2 heterocycles. The van der Waals surface area contributed by atoms with E-state index in [0.717, 1.165) is 25.3 Å². The average molecular weight is 446 g/mol. The molecule has 0 aromatic carbocycles. The summed E-state index contributed by atoms with van der Waals surface area (Å²) >= 11 is 0. The number of carbonyl (C=O) groups excluding carboxylic acids is 3. The lowest BCUT2D eigenvalue weighted by molar-refractivity contribution is -0.241. The summed E-state index contributed by atoms with van der Waals surface area (Å²) in [6.07, 6.45) is -5.25. The van der Waals surface area contributed by atoms with Crippen LogP contribution in [-0.2, 0) is 44.8 Å². The van der Waals surface area contributed by atoms with Crippen LogP contribution in [0.2, 0.25) is 0 Å². The quantitative estimate of drug-likeness (QED) is 0.396. The van der Waals surface area contributed by atoms with Gasteiger partial charge in [-0.25, -0.2) is 9.36 Å². The summed E-state index contributed by atoms with van der Waals surface area (Å²) in [5.41, 5.74) is -2.37. The number of nitrogens with zero attached hydrogens (tertiary/aromatic N) is 2. The average Bonchev–Trinajstić information content (AvgIpc) is 2.66. The number of halogens is 1. The summed E-state index contributed by atoms with van der Waals surface area (Å²) in [6, 6.07) is 0. The van der Waals surface area contributed by atoms with Gasteiger partial charge in [0.25, 0.3) is 5.56 Å². The zero-order valence-corrected chi connectivity index (χ0v) is 17.4. The van der Waals surface area contributed by atoms with Crippen LogP contribution in [0, 0.1) is 5.82 Å². The van der Waals surface area contributed by atoms with Gasteiger partial charge in [-0.1, -0.05) is 0 Å². The molecule has 12 nitrogen and oxygen atoms in total. The van der Waals surface area contributed by atoms with E-state index >= 15 is 0 Å². The predicted octanol–water partition coefficient (Wildman–Crippen LogP) is -0.533. The highest BCUT2D eigenvalue weighted by atomic mass is 19.1. The van der Waals surface area contributed by atoms with Gasteiger partial charge in [0.2, 0.25) is 5.82 Å². The van der Waals surface area contributed by atoms with Gasteiger partial charge in [-0.15, -0.1) is 0 Å². The minimum absolute atomic E-state index is 0.210. The Balaban J connectivity index is 2.60. The number of aromatic nitrogens is 2. The van der Waals surface area contributed by atoms with Crippen LogP contribution in [-0.4, -0.2) is 58.6 Å². The Morgan fingerprint density at radius 2 is 1.65 bits per heavy atom. The molecule has 1 fully saturated rings. The van der Waals surface area contributed by atoms with E-state index in [2.05, 4.69) is 0 Å². The molecule has 0 spiro atoms. The van der Waals surface area contributed by atoms with E-state index in [0.29, 0.717) is 10.8 Å². The van der Waals surface area contributed by atoms with Gasteiger partial charge >= 0.3 is 23.6 Å². The van der Waals surface area contributed by atoms with Crippen molar-refractivity contribution in [3.63, 3.8) is 0 Å². The number of ether oxygens (including phenoxy) is 5. The van der Waals surface area contributed by atoms with Crippen LogP contribution >= 0.6 is 0 Å². The fraction of sp³-hybridized carbons (Fsp3) is 0.611. The highest BCUT2D eigenvalue weighted by Gasteiger charge is 2.48. The van der Waals surface area contributed by atoms with Crippen LogP contribution < -0.4 is 11.2 Å². The minimum Gasteiger partial charge on any atom is -0.456 e. The van der Waals surface area contributed by atoms with E-state index in [1.165, 1.54) is 0 Å². The molecule has 13 heteroatoms. The third-order valence-electron chi connectivity index (χ3n) is 4.16. The zero-order chi connectivity index (χ0) is 23.3. The van der Waals surface area contributed by atoms with Crippen LogP contribution in [0.25, 0.3) is 0 Å². The fourth-order valence-corrected chi connectivity index (χ4v) is 3.04. The van der Waals surface area contributed by atoms with E-state index in [9.17, 15) is 28.4 Å². The summed E-state index contributed by atoms with van der Waals surface area (Å²) in [5.74, 6) is -3.73. The first-order valence-electron chi connectivity index (χ1n) is 9.29. The Morgan fingerprint density at radius 3 is 2.19 bits per heavy atom. The highest BCUT2D eigenvalue weighted by Crippen LogP contribution is 2.29. The zero-order valence-electron chi connectivity index (χ0n) is 17.4. The predicted molar refractivity (Wildman–Crippen MR) is 98.2 cm³/mol. The monoisotopic (exact) mass is 446 g/mol. The van der Waals surface area contributed by atoms with E-state index in [4.69, 9.17) is 23.7 Å². The van der Waals surface area contributed by atoms with Gasteiger partial charge in [0.15, 0.2) is 24.5 Å². The van der Waals surface area contributed by atoms with Crippen molar-refractivity contribution < 1.29 is 42.5 Å². The summed E-state index contributed by atoms with van der Waals surface area (Å²) in [7, 11) is 0. The smallest absolute Gasteiger partial charge is 0.335 e. The lowest BCUT2D eigenvalue weighted by Gasteiger charge is -2.40. The maximum atomic E-state index is 14.3. The highest BCUT2D eigenvalue weighted by molar-refractivity contribution is 5.68. The van der Waals surface area contributed by atoms with Crippen LogP contribution in [0.3, 0.4) is 0 Å². The fourth-order valence-electron chi connectivity index (χ4n) is 3.04. The lowest BCUT2D eigenvalue weighted by atomic mass is 10.0. The first-order chi connectivity index (χ1) is 14.6. The van der Waals surface area contributed by atoms with Crippen LogP contribution in [0.15, 0.2) is 15.8 Å². The number of hydrogen-bond acceptors (Lipinski definition) is 10. The number of esters is 3. The number of rotatable bonds is 7. The molecule has 1 aliphatic rings. The topological polar surface area (TPSA) is 141 Å². The van der Waals surface area contributed by atoms with Gasteiger partial charge in [-0.2, -0.15) is 4.39 Å². The molecule has 1 aliphatic heterocycles. The number of hydrogen-bond donors (Lipinski definition) is 0. The normalized spacial score (nSPS) is 23.1. The maximum Gasteiger partial charge on any atom is 0.335 e. The molecule has 0 aliphatic carbocycles.